The third-order valence-electron chi connectivity index (χ3n) is 2.05. The number of nitrogens with zero attached hydrogens (tertiary/aromatic N) is 1. The molecule has 0 aliphatic heterocycles. The molecule has 1 rings (SSSR count). The molecule has 0 bridgehead atoms. The minimum absolute atomic E-state index is 0.0626. The maximum atomic E-state index is 11.4. The van der Waals surface area contributed by atoms with Crippen LogP contribution >= 0.6 is 11.6 Å². The van der Waals surface area contributed by atoms with Crippen molar-refractivity contribution in [3.05, 3.63) is 38.4 Å². The molecule has 86 valence electrons. The number of halogens is 1. The Labute approximate surface area is 97.1 Å². The van der Waals surface area contributed by atoms with Crippen molar-refractivity contribution in [3.63, 3.8) is 0 Å². The average Bonchev–Trinajstić information content (AvgIpc) is 2.21. The molecular weight excluding hydrogens is 234 g/mol. The van der Waals surface area contributed by atoms with E-state index in [2.05, 4.69) is 0 Å². The van der Waals surface area contributed by atoms with E-state index in [4.69, 9.17) is 16.3 Å². The fourth-order valence-electron chi connectivity index (χ4n) is 1.24. The fraction of sp³-hybridized carbons (Fsp3) is 0.300. The SMILES string of the molecule is CCOC(=O)c1ccc([N+](=O)[O-])c(C)c1Cl. The average molecular weight is 244 g/mol. The second kappa shape index (κ2) is 4.94. The molecule has 1 aromatic rings. The number of rotatable bonds is 3. The molecule has 0 heterocycles. The van der Waals surface area contributed by atoms with Crippen LogP contribution in [0.3, 0.4) is 0 Å². The number of nitro benzene ring substituents is 1. The smallest absolute Gasteiger partial charge is 0.339 e. The van der Waals surface area contributed by atoms with Gasteiger partial charge in [-0.3, -0.25) is 10.1 Å². The summed E-state index contributed by atoms with van der Waals surface area (Å²) in [5, 5.41) is 10.7. The van der Waals surface area contributed by atoms with Gasteiger partial charge in [-0.15, -0.1) is 0 Å². The van der Waals surface area contributed by atoms with E-state index < -0.39 is 10.9 Å². The number of benzene rings is 1. The fourth-order valence-corrected chi connectivity index (χ4v) is 1.48. The maximum Gasteiger partial charge on any atom is 0.339 e. The van der Waals surface area contributed by atoms with Crippen LogP contribution in [0.1, 0.15) is 22.8 Å². The highest BCUT2D eigenvalue weighted by molar-refractivity contribution is 6.34. The molecular formula is C10H10ClNO4. The van der Waals surface area contributed by atoms with Crippen molar-refractivity contribution in [2.24, 2.45) is 0 Å². The zero-order valence-electron chi connectivity index (χ0n) is 8.82. The summed E-state index contributed by atoms with van der Waals surface area (Å²) >= 11 is 5.87. The van der Waals surface area contributed by atoms with Crippen LogP contribution in [0.5, 0.6) is 0 Å². The molecule has 16 heavy (non-hydrogen) atoms. The van der Waals surface area contributed by atoms with Crippen LogP contribution in [-0.2, 0) is 4.74 Å². The van der Waals surface area contributed by atoms with Crippen LogP contribution in [-0.4, -0.2) is 17.5 Å². The van der Waals surface area contributed by atoms with Crippen molar-refractivity contribution in [1.82, 2.24) is 0 Å². The molecule has 0 aromatic heterocycles. The molecule has 0 radical (unpaired) electrons. The van der Waals surface area contributed by atoms with Gasteiger partial charge in [-0.1, -0.05) is 11.6 Å². The number of hydrogen-bond acceptors (Lipinski definition) is 4. The molecule has 0 amide bonds. The van der Waals surface area contributed by atoms with Crippen LogP contribution in [0.4, 0.5) is 5.69 Å². The number of hydrogen-bond donors (Lipinski definition) is 0. The van der Waals surface area contributed by atoms with Gasteiger partial charge in [0.15, 0.2) is 0 Å². The first-order valence-electron chi connectivity index (χ1n) is 4.59. The van der Waals surface area contributed by atoms with Gasteiger partial charge >= 0.3 is 5.97 Å². The Balaban J connectivity index is 3.21. The third kappa shape index (κ3) is 2.30. The molecule has 5 nitrogen and oxygen atoms in total. The lowest BCUT2D eigenvalue weighted by atomic mass is 10.1. The second-order valence-electron chi connectivity index (χ2n) is 3.05. The number of carbonyl (C=O) groups excluding carboxylic acids is 1. The van der Waals surface area contributed by atoms with Crippen LogP contribution in [0.2, 0.25) is 5.02 Å². The largest absolute Gasteiger partial charge is 0.462 e. The number of carbonyl (C=O) groups is 1. The summed E-state index contributed by atoms with van der Waals surface area (Å²) in [6.45, 7) is 3.39. The summed E-state index contributed by atoms with van der Waals surface area (Å²) in [5.41, 5.74) is 0.293. The van der Waals surface area contributed by atoms with Crippen LogP contribution in [0.25, 0.3) is 0 Å². The van der Waals surface area contributed by atoms with E-state index >= 15 is 0 Å². The van der Waals surface area contributed by atoms with Crippen molar-refractivity contribution < 1.29 is 14.5 Å². The van der Waals surface area contributed by atoms with Crippen molar-refractivity contribution in [2.45, 2.75) is 13.8 Å². The molecule has 0 spiro atoms. The summed E-state index contributed by atoms with van der Waals surface area (Å²) in [6, 6.07) is 2.54. The number of esters is 1. The van der Waals surface area contributed by atoms with E-state index in [0.29, 0.717) is 0 Å². The van der Waals surface area contributed by atoms with Crippen molar-refractivity contribution in [2.75, 3.05) is 6.61 Å². The number of ether oxygens (including phenoxy) is 1. The molecule has 0 unspecified atom stereocenters. The molecule has 0 saturated carbocycles. The lowest BCUT2D eigenvalue weighted by Gasteiger charge is -2.06. The van der Waals surface area contributed by atoms with E-state index in [0.717, 1.165) is 0 Å². The van der Waals surface area contributed by atoms with E-state index in [1.165, 1.54) is 19.1 Å². The minimum atomic E-state index is -0.578. The first-order valence-corrected chi connectivity index (χ1v) is 4.97. The lowest BCUT2D eigenvalue weighted by Crippen LogP contribution is -2.06. The first kappa shape index (κ1) is 12.4. The van der Waals surface area contributed by atoms with Gasteiger partial charge in [0.2, 0.25) is 0 Å². The first-order chi connectivity index (χ1) is 7.49. The third-order valence-corrected chi connectivity index (χ3v) is 2.54. The predicted octanol–water partition coefficient (Wildman–Crippen LogP) is 2.73. The summed E-state index contributed by atoms with van der Waals surface area (Å²) in [5.74, 6) is -0.578. The molecule has 0 fully saturated rings. The van der Waals surface area contributed by atoms with E-state index in [-0.39, 0.29) is 28.4 Å². The van der Waals surface area contributed by atoms with Crippen molar-refractivity contribution in [1.29, 1.82) is 0 Å². The Kier molecular flexibility index (Phi) is 3.84. The highest BCUT2D eigenvalue weighted by Gasteiger charge is 2.20. The highest BCUT2D eigenvalue weighted by Crippen LogP contribution is 2.29. The molecule has 0 aliphatic rings. The summed E-state index contributed by atoms with van der Waals surface area (Å²) < 4.78 is 4.77. The predicted molar refractivity (Wildman–Crippen MR) is 58.8 cm³/mol. The Morgan fingerprint density at radius 2 is 2.19 bits per heavy atom. The van der Waals surface area contributed by atoms with Gasteiger partial charge in [0.1, 0.15) is 0 Å². The lowest BCUT2D eigenvalue weighted by molar-refractivity contribution is -0.385. The van der Waals surface area contributed by atoms with Gasteiger partial charge in [0.25, 0.3) is 5.69 Å². The highest BCUT2D eigenvalue weighted by atomic mass is 35.5. The standard InChI is InChI=1S/C10H10ClNO4/c1-3-16-10(13)7-4-5-8(12(14)15)6(2)9(7)11/h4-5H,3H2,1-2H3. The van der Waals surface area contributed by atoms with Gasteiger partial charge in [-0.05, 0) is 19.9 Å². The van der Waals surface area contributed by atoms with Crippen molar-refractivity contribution in [3.8, 4) is 0 Å². The van der Waals surface area contributed by atoms with Gasteiger partial charge in [-0.2, -0.15) is 0 Å². The zero-order chi connectivity index (χ0) is 12.3. The number of nitro groups is 1. The van der Waals surface area contributed by atoms with Gasteiger partial charge in [0, 0.05) is 11.6 Å². The zero-order valence-corrected chi connectivity index (χ0v) is 9.58. The molecule has 1 aromatic carbocycles. The second-order valence-corrected chi connectivity index (χ2v) is 3.43. The molecule has 0 saturated heterocycles. The van der Waals surface area contributed by atoms with Crippen LogP contribution in [0, 0.1) is 17.0 Å². The maximum absolute atomic E-state index is 11.4. The van der Waals surface area contributed by atoms with Gasteiger partial charge in [-0.25, -0.2) is 4.79 Å². The van der Waals surface area contributed by atoms with Crippen molar-refractivity contribution >= 4 is 23.3 Å². The van der Waals surface area contributed by atoms with Gasteiger partial charge in [0.05, 0.1) is 22.1 Å². The normalized spacial score (nSPS) is 9.94. The summed E-state index contributed by atoms with van der Waals surface area (Å²) in [7, 11) is 0. The Morgan fingerprint density at radius 1 is 1.56 bits per heavy atom. The van der Waals surface area contributed by atoms with E-state index in [1.54, 1.807) is 6.92 Å². The van der Waals surface area contributed by atoms with E-state index in [1.807, 2.05) is 0 Å². The van der Waals surface area contributed by atoms with Crippen LogP contribution < -0.4 is 0 Å². The van der Waals surface area contributed by atoms with E-state index in [9.17, 15) is 14.9 Å². The Bertz CT molecular complexity index is 445. The summed E-state index contributed by atoms with van der Waals surface area (Å²) in [6.07, 6.45) is 0. The molecule has 0 N–H and O–H groups in total. The Morgan fingerprint density at radius 3 is 2.69 bits per heavy atom. The topological polar surface area (TPSA) is 69.4 Å². The minimum Gasteiger partial charge on any atom is -0.462 e. The molecule has 0 aliphatic carbocycles. The molecule has 0 atom stereocenters. The Hall–Kier alpha value is -1.62. The van der Waals surface area contributed by atoms with Crippen LogP contribution in [0.15, 0.2) is 12.1 Å². The quantitative estimate of drug-likeness (QED) is 0.465. The monoisotopic (exact) mass is 243 g/mol. The van der Waals surface area contributed by atoms with Gasteiger partial charge < -0.3 is 4.74 Å². The molecule has 6 heteroatoms. The summed E-state index contributed by atoms with van der Waals surface area (Å²) in [4.78, 5) is 21.5.